The fraction of sp³-hybridized carbons (Fsp3) is 0.455. The lowest BCUT2D eigenvalue weighted by Gasteiger charge is -2.20. The van der Waals surface area contributed by atoms with Crippen molar-refractivity contribution in [3.63, 3.8) is 0 Å². The average molecular weight is 225 g/mol. The molecule has 0 heterocycles. The summed E-state index contributed by atoms with van der Waals surface area (Å²) >= 11 is 3.68. The summed E-state index contributed by atoms with van der Waals surface area (Å²) in [6.45, 7) is 2.16. The van der Waals surface area contributed by atoms with Crippen LogP contribution in [0.25, 0.3) is 0 Å². The van der Waals surface area contributed by atoms with E-state index in [2.05, 4.69) is 41.1 Å². The molecule has 0 amide bonds. The highest BCUT2D eigenvalue weighted by Gasteiger charge is 2.15. The highest BCUT2D eigenvalue weighted by molar-refractivity contribution is 9.09. The summed E-state index contributed by atoms with van der Waals surface area (Å²) in [5, 5.41) is 0. The Morgan fingerprint density at radius 3 is 3.00 bits per heavy atom. The Bertz CT molecular complexity index is 291. The van der Waals surface area contributed by atoms with Gasteiger partial charge in [-0.2, -0.15) is 0 Å². The Labute approximate surface area is 82.1 Å². The number of aryl methyl sites for hydroxylation is 2. The molecule has 1 heteroatoms. The summed E-state index contributed by atoms with van der Waals surface area (Å²) < 4.78 is 0. The number of alkyl halides is 1. The van der Waals surface area contributed by atoms with Crippen molar-refractivity contribution in [2.24, 2.45) is 0 Å². The minimum absolute atomic E-state index is 0.701. The van der Waals surface area contributed by atoms with Crippen molar-refractivity contribution in [1.82, 2.24) is 0 Å². The molecule has 1 aliphatic rings. The third-order valence-electron chi connectivity index (χ3n) is 2.53. The summed E-state index contributed by atoms with van der Waals surface area (Å²) in [6, 6.07) is 6.82. The molecule has 1 aliphatic carbocycles. The quantitative estimate of drug-likeness (QED) is 0.594. The van der Waals surface area contributed by atoms with Gasteiger partial charge in [-0.1, -0.05) is 39.7 Å². The zero-order valence-electron chi connectivity index (χ0n) is 7.31. The Kier molecular flexibility index (Phi) is 2.22. The van der Waals surface area contributed by atoms with Crippen LogP contribution >= 0.6 is 15.9 Å². The van der Waals surface area contributed by atoms with E-state index in [-0.39, 0.29) is 0 Å². The second-order valence-electron chi connectivity index (χ2n) is 3.61. The maximum atomic E-state index is 3.68. The van der Waals surface area contributed by atoms with Gasteiger partial charge in [0.1, 0.15) is 0 Å². The van der Waals surface area contributed by atoms with Gasteiger partial charge in [0.05, 0.1) is 0 Å². The van der Waals surface area contributed by atoms with Crippen LogP contribution in [-0.2, 0) is 12.8 Å². The number of benzene rings is 1. The zero-order chi connectivity index (χ0) is 8.55. The van der Waals surface area contributed by atoms with E-state index in [0.717, 1.165) is 0 Å². The molecule has 0 unspecified atom stereocenters. The topological polar surface area (TPSA) is 0 Å². The van der Waals surface area contributed by atoms with Crippen molar-refractivity contribution in [2.45, 2.75) is 31.0 Å². The van der Waals surface area contributed by atoms with Gasteiger partial charge in [0.25, 0.3) is 0 Å². The highest BCUT2D eigenvalue weighted by Crippen LogP contribution is 2.26. The molecule has 0 radical (unpaired) electrons. The van der Waals surface area contributed by atoms with E-state index >= 15 is 0 Å². The van der Waals surface area contributed by atoms with Crippen LogP contribution in [0.4, 0.5) is 0 Å². The lowest BCUT2D eigenvalue weighted by atomic mass is 9.90. The van der Waals surface area contributed by atoms with Gasteiger partial charge in [-0.25, -0.2) is 0 Å². The van der Waals surface area contributed by atoms with Crippen LogP contribution in [0.2, 0.25) is 0 Å². The average Bonchev–Trinajstić information content (AvgIpc) is 2.03. The molecule has 0 N–H and O–H groups in total. The second-order valence-corrected chi connectivity index (χ2v) is 4.91. The Morgan fingerprint density at radius 2 is 2.17 bits per heavy atom. The zero-order valence-corrected chi connectivity index (χ0v) is 8.89. The number of fused-ring (bicyclic) bond motifs is 1. The van der Waals surface area contributed by atoms with Crippen LogP contribution in [0.5, 0.6) is 0 Å². The van der Waals surface area contributed by atoms with Gasteiger partial charge in [-0.05, 0) is 37.3 Å². The number of rotatable bonds is 0. The third kappa shape index (κ3) is 1.56. The molecule has 1 atom stereocenters. The van der Waals surface area contributed by atoms with Crippen molar-refractivity contribution in [1.29, 1.82) is 0 Å². The monoisotopic (exact) mass is 224 g/mol. The first-order valence-corrected chi connectivity index (χ1v) is 5.40. The molecule has 0 spiro atoms. The van der Waals surface area contributed by atoms with E-state index in [4.69, 9.17) is 0 Å². The van der Waals surface area contributed by atoms with Gasteiger partial charge in [-0.15, -0.1) is 0 Å². The molecule has 0 bridgehead atoms. The Balaban J connectivity index is 2.37. The lowest BCUT2D eigenvalue weighted by Crippen LogP contribution is -2.13. The summed E-state index contributed by atoms with van der Waals surface area (Å²) in [5.74, 6) is 0. The standard InChI is InChI=1S/C11H13Br/c1-8-2-3-9-4-5-11(12)7-10(9)6-8/h2-3,6,11H,4-5,7H2,1H3/t11-/m1/s1. The van der Waals surface area contributed by atoms with Gasteiger partial charge in [0, 0.05) is 4.83 Å². The van der Waals surface area contributed by atoms with Gasteiger partial charge in [0.15, 0.2) is 0 Å². The van der Waals surface area contributed by atoms with Crippen LogP contribution in [-0.4, -0.2) is 4.83 Å². The summed E-state index contributed by atoms with van der Waals surface area (Å²) in [7, 11) is 0. The largest absolute Gasteiger partial charge is 0.0887 e. The van der Waals surface area contributed by atoms with E-state index in [9.17, 15) is 0 Å². The van der Waals surface area contributed by atoms with Crippen molar-refractivity contribution in [3.05, 3.63) is 34.9 Å². The van der Waals surface area contributed by atoms with E-state index in [1.54, 1.807) is 11.1 Å². The molecule has 0 aliphatic heterocycles. The molecule has 0 saturated heterocycles. The molecule has 1 aromatic carbocycles. The number of hydrogen-bond donors (Lipinski definition) is 0. The van der Waals surface area contributed by atoms with E-state index < -0.39 is 0 Å². The van der Waals surface area contributed by atoms with Crippen LogP contribution < -0.4 is 0 Å². The third-order valence-corrected chi connectivity index (χ3v) is 3.31. The smallest absolute Gasteiger partial charge is 0.0189 e. The molecule has 12 heavy (non-hydrogen) atoms. The first-order valence-electron chi connectivity index (χ1n) is 4.48. The molecule has 0 aromatic heterocycles. The molecular weight excluding hydrogens is 212 g/mol. The SMILES string of the molecule is Cc1ccc2c(c1)C[C@H](Br)CC2. The molecule has 0 saturated carbocycles. The van der Waals surface area contributed by atoms with E-state index in [1.807, 2.05) is 0 Å². The predicted molar refractivity (Wildman–Crippen MR) is 55.9 cm³/mol. The van der Waals surface area contributed by atoms with Crippen LogP contribution in [0.15, 0.2) is 18.2 Å². The predicted octanol–water partition coefficient (Wildman–Crippen LogP) is 3.25. The van der Waals surface area contributed by atoms with Crippen LogP contribution in [0.1, 0.15) is 23.1 Å². The van der Waals surface area contributed by atoms with Gasteiger partial charge < -0.3 is 0 Å². The van der Waals surface area contributed by atoms with Crippen LogP contribution in [0.3, 0.4) is 0 Å². The van der Waals surface area contributed by atoms with Gasteiger partial charge >= 0.3 is 0 Å². The van der Waals surface area contributed by atoms with Gasteiger partial charge in [-0.3, -0.25) is 0 Å². The van der Waals surface area contributed by atoms with E-state index in [0.29, 0.717) is 4.83 Å². The summed E-state index contributed by atoms with van der Waals surface area (Å²) in [5.41, 5.74) is 4.48. The summed E-state index contributed by atoms with van der Waals surface area (Å²) in [6.07, 6.45) is 3.73. The minimum atomic E-state index is 0.701. The molecule has 0 fully saturated rings. The van der Waals surface area contributed by atoms with Crippen molar-refractivity contribution in [2.75, 3.05) is 0 Å². The molecule has 64 valence electrons. The fourth-order valence-corrected chi connectivity index (χ4v) is 2.42. The molecule has 0 nitrogen and oxygen atoms in total. The summed E-state index contributed by atoms with van der Waals surface area (Å²) in [4.78, 5) is 0.701. The minimum Gasteiger partial charge on any atom is -0.0887 e. The normalized spacial score (nSPS) is 22.0. The van der Waals surface area contributed by atoms with E-state index in [1.165, 1.54) is 24.8 Å². The first kappa shape index (κ1) is 8.31. The Hall–Kier alpha value is -0.300. The van der Waals surface area contributed by atoms with Gasteiger partial charge in [0.2, 0.25) is 0 Å². The number of halogens is 1. The molecule has 1 aromatic rings. The fourth-order valence-electron chi connectivity index (χ4n) is 1.84. The molecule has 2 rings (SSSR count). The second kappa shape index (κ2) is 3.21. The van der Waals surface area contributed by atoms with Crippen molar-refractivity contribution < 1.29 is 0 Å². The lowest BCUT2D eigenvalue weighted by molar-refractivity contribution is 0.711. The Morgan fingerprint density at radius 1 is 1.33 bits per heavy atom. The number of hydrogen-bond acceptors (Lipinski definition) is 0. The maximum Gasteiger partial charge on any atom is 0.0189 e. The first-order chi connectivity index (χ1) is 5.75. The maximum absolute atomic E-state index is 3.68. The van der Waals surface area contributed by atoms with Crippen LogP contribution in [0, 0.1) is 6.92 Å². The van der Waals surface area contributed by atoms with Crippen molar-refractivity contribution >= 4 is 15.9 Å². The van der Waals surface area contributed by atoms with Crippen molar-refractivity contribution in [3.8, 4) is 0 Å². The highest BCUT2D eigenvalue weighted by atomic mass is 79.9. The molecular formula is C11H13Br.